The van der Waals surface area contributed by atoms with Crippen molar-refractivity contribution in [2.24, 2.45) is 23.7 Å². The second-order valence-electron chi connectivity index (χ2n) is 27.9. The number of rotatable bonds is 69. The Morgan fingerprint density at radius 3 is 0.681 bits per heavy atom. The maximum Gasteiger partial charge on any atom is 0.472 e. The van der Waals surface area contributed by atoms with E-state index in [9.17, 15) is 43.2 Å². The lowest BCUT2D eigenvalue weighted by Crippen LogP contribution is -2.30. The first-order chi connectivity index (χ1) is 43.6. The molecule has 0 aliphatic rings. The van der Waals surface area contributed by atoms with Crippen molar-refractivity contribution in [2.75, 3.05) is 39.6 Å². The Balaban J connectivity index is 5.26. The number of aliphatic hydroxyl groups is 1. The summed E-state index contributed by atoms with van der Waals surface area (Å²) in [7, 11) is -9.91. The van der Waals surface area contributed by atoms with E-state index in [0.717, 1.165) is 114 Å². The number of aliphatic hydroxyl groups excluding tert-OH is 1. The molecule has 0 aromatic rings. The summed E-state index contributed by atoms with van der Waals surface area (Å²) >= 11 is 0. The number of carbonyl (C=O) groups excluding carboxylic acids is 4. The molecule has 19 heteroatoms. The average Bonchev–Trinajstić information content (AvgIpc) is 3.71. The minimum Gasteiger partial charge on any atom is -0.462 e. The molecule has 91 heavy (non-hydrogen) atoms. The molecular weight excluding hydrogens is 1200 g/mol. The van der Waals surface area contributed by atoms with Crippen molar-refractivity contribution in [3.8, 4) is 0 Å². The van der Waals surface area contributed by atoms with E-state index in [1.807, 2.05) is 0 Å². The first kappa shape index (κ1) is 89.1. The fourth-order valence-electron chi connectivity index (χ4n) is 10.8. The molecule has 17 nitrogen and oxygen atoms in total. The Hall–Kier alpha value is -1.94. The van der Waals surface area contributed by atoms with Gasteiger partial charge in [-0.2, -0.15) is 0 Å². The second-order valence-corrected chi connectivity index (χ2v) is 30.8. The fraction of sp³-hybridized carbons (Fsp3) is 0.944. The molecule has 3 N–H and O–H groups in total. The molecule has 0 saturated heterocycles. The summed E-state index contributed by atoms with van der Waals surface area (Å²) in [4.78, 5) is 72.6. The predicted molar refractivity (Wildman–Crippen MR) is 367 cm³/mol. The molecule has 0 aromatic carbocycles. The number of hydrogen-bond donors (Lipinski definition) is 3. The highest BCUT2D eigenvalue weighted by molar-refractivity contribution is 7.47. The molecule has 0 amide bonds. The molecule has 5 atom stereocenters. The van der Waals surface area contributed by atoms with Crippen LogP contribution in [0.5, 0.6) is 0 Å². The van der Waals surface area contributed by atoms with Crippen LogP contribution in [0.15, 0.2) is 0 Å². The van der Waals surface area contributed by atoms with Gasteiger partial charge in [0.05, 0.1) is 26.4 Å². The minimum atomic E-state index is -4.95. The number of carbonyl (C=O) groups is 4. The summed E-state index contributed by atoms with van der Waals surface area (Å²) in [6.07, 6.45) is 44.4. The third-order valence-electron chi connectivity index (χ3n) is 16.6. The molecule has 0 aromatic heterocycles. The van der Waals surface area contributed by atoms with Crippen molar-refractivity contribution in [2.45, 2.75) is 375 Å². The van der Waals surface area contributed by atoms with Gasteiger partial charge in [-0.3, -0.25) is 37.3 Å². The smallest absolute Gasteiger partial charge is 0.462 e. The van der Waals surface area contributed by atoms with Crippen LogP contribution in [-0.2, 0) is 65.4 Å². The molecule has 0 rings (SSSR count). The van der Waals surface area contributed by atoms with Gasteiger partial charge >= 0.3 is 39.5 Å². The molecular formula is C72H140O17P2. The van der Waals surface area contributed by atoms with Crippen molar-refractivity contribution in [3.63, 3.8) is 0 Å². The molecule has 0 aliphatic carbocycles. The Kier molecular flexibility index (Phi) is 60.3. The van der Waals surface area contributed by atoms with Gasteiger partial charge in [-0.05, 0) is 49.4 Å². The maximum absolute atomic E-state index is 13.0. The largest absolute Gasteiger partial charge is 0.472 e. The number of ether oxygens (including phenoxy) is 4. The van der Waals surface area contributed by atoms with E-state index >= 15 is 0 Å². The van der Waals surface area contributed by atoms with Crippen LogP contribution in [-0.4, -0.2) is 96.7 Å². The van der Waals surface area contributed by atoms with Crippen LogP contribution in [0.1, 0.15) is 357 Å². The van der Waals surface area contributed by atoms with Gasteiger partial charge in [0.2, 0.25) is 0 Å². The minimum absolute atomic E-state index is 0.105. The molecule has 0 spiro atoms. The molecule has 0 heterocycles. The number of esters is 4. The van der Waals surface area contributed by atoms with E-state index in [1.165, 1.54) is 154 Å². The van der Waals surface area contributed by atoms with Gasteiger partial charge in [-0.1, -0.05) is 306 Å². The van der Waals surface area contributed by atoms with E-state index in [0.29, 0.717) is 31.6 Å². The predicted octanol–water partition coefficient (Wildman–Crippen LogP) is 20.5. The summed E-state index contributed by atoms with van der Waals surface area (Å²) in [5.74, 6) is 0.866. The Labute approximate surface area is 556 Å². The highest BCUT2D eigenvalue weighted by Gasteiger charge is 2.30. The zero-order valence-corrected chi connectivity index (χ0v) is 61.3. The molecule has 3 unspecified atom stereocenters. The Morgan fingerprint density at radius 1 is 0.275 bits per heavy atom. The van der Waals surface area contributed by atoms with Crippen LogP contribution < -0.4 is 0 Å². The van der Waals surface area contributed by atoms with Crippen molar-refractivity contribution in [3.05, 3.63) is 0 Å². The van der Waals surface area contributed by atoms with Gasteiger partial charge in [0.25, 0.3) is 0 Å². The molecule has 0 aliphatic heterocycles. The van der Waals surface area contributed by atoms with Crippen molar-refractivity contribution >= 4 is 39.5 Å². The summed E-state index contributed by atoms with van der Waals surface area (Å²) in [5, 5.41) is 10.6. The van der Waals surface area contributed by atoms with Gasteiger partial charge < -0.3 is 33.8 Å². The summed E-state index contributed by atoms with van der Waals surface area (Å²) < 4.78 is 68.4. The number of phosphoric ester groups is 2. The summed E-state index contributed by atoms with van der Waals surface area (Å²) in [5.41, 5.74) is 0. The first-order valence-corrected chi connectivity index (χ1v) is 40.2. The third-order valence-corrected chi connectivity index (χ3v) is 18.5. The van der Waals surface area contributed by atoms with E-state index < -0.39 is 97.5 Å². The highest BCUT2D eigenvalue weighted by Crippen LogP contribution is 2.45. The van der Waals surface area contributed by atoms with Crippen LogP contribution in [0, 0.1) is 23.7 Å². The van der Waals surface area contributed by atoms with Gasteiger partial charge in [0.1, 0.15) is 19.3 Å². The van der Waals surface area contributed by atoms with Crippen LogP contribution >= 0.6 is 15.6 Å². The van der Waals surface area contributed by atoms with Crippen LogP contribution in [0.3, 0.4) is 0 Å². The SMILES string of the molecule is CC(C)CCCCCCCCCCCCCCC(=O)O[C@H](COC(=O)CCCCCCCCCC(C)C)COP(=O)(O)OCC(O)COP(=O)(O)OC[C@@H](COC(=O)CCCCCCCCCCCCC(C)C)OC(=O)CCCCCCCCCCCCC(C)C. The second kappa shape index (κ2) is 61.6. The van der Waals surface area contributed by atoms with Gasteiger partial charge in [-0.15, -0.1) is 0 Å². The van der Waals surface area contributed by atoms with Crippen LogP contribution in [0.25, 0.3) is 0 Å². The molecule has 540 valence electrons. The van der Waals surface area contributed by atoms with Crippen molar-refractivity contribution in [1.82, 2.24) is 0 Å². The molecule has 0 fully saturated rings. The average molecular weight is 1340 g/mol. The monoisotopic (exact) mass is 1340 g/mol. The fourth-order valence-corrected chi connectivity index (χ4v) is 12.4. The molecule has 0 bridgehead atoms. The summed E-state index contributed by atoms with van der Waals surface area (Å²) in [6.45, 7) is 14.1. The number of unbranched alkanes of at least 4 members (excludes halogenated alkanes) is 35. The van der Waals surface area contributed by atoms with Crippen LogP contribution in [0.4, 0.5) is 0 Å². The summed E-state index contributed by atoms with van der Waals surface area (Å²) in [6, 6.07) is 0. The number of phosphoric acid groups is 2. The standard InChI is InChI=1S/C72H140O17P2/c1-62(2)48-40-32-24-17-11-9-10-12-21-29-38-46-54-71(76)89-68(59-83-70(75)53-45-37-31-23-27-35-43-51-65(7)8)61-87-91(80,81)85-57-66(73)56-84-90(78,79)86-60-67(88-72(77)55-47-39-30-22-16-14-19-26-34-42-50-64(5)6)58-82-69(74)52-44-36-28-20-15-13-18-25-33-41-49-63(3)4/h62-68,73H,9-61H2,1-8H3,(H,78,79)(H,80,81)/t66?,67-,68-/m1/s1. The van der Waals surface area contributed by atoms with E-state index in [2.05, 4.69) is 55.4 Å². The van der Waals surface area contributed by atoms with Gasteiger partial charge in [-0.25, -0.2) is 9.13 Å². The third kappa shape index (κ3) is 66.5. The molecule has 0 radical (unpaired) electrons. The van der Waals surface area contributed by atoms with Crippen molar-refractivity contribution in [1.29, 1.82) is 0 Å². The van der Waals surface area contributed by atoms with E-state index in [4.69, 9.17) is 37.0 Å². The quantitative estimate of drug-likeness (QED) is 0.0222. The lowest BCUT2D eigenvalue weighted by molar-refractivity contribution is -0.161. The normalized spacial score (nSPS) is 14.2. The van der Waals surface area contributed by atoms with Gasteiger partial charge in [0.15, 0.2) is 12.2 Å². The van der Waals surface area contributed by atoms with Gasteiger partial charge in [0, 0.05) is 25.7 Å². The Morgan fingerprint density at radius 2 is 0.462 bits per heavy atom. The lowest BCUT2D eigenvalue weighted by Gasteiger charge is -2.21. The zero-order chi connectivity index (χ0) is 67.5. The molecule has 0 saturated carbocycles. The highest BCUT2D eigenvalue weighted by atomic mass is 31.2. The maximum atomic E-state index is 13.0. The van der Waals surface area contributed by atoms with E-state index in [-0.39, 0.29) is 25.7 Å². The van der Waals surface area contributed by atoms with E-state index in [1.54, 1.807) is 0 Å². The van der Waals surface area contributed by atoms with Crippen LogP contribution in [0.2, 0.25) is 0 Å². The zero-order valence-electron chi connectivity index (χ0n) is 59.5. The Bertz CT molecular complexity index is 1800. The topological polar surface area (TPSA) is 237 Å². The first-order valence-electron chi connectivity index (χ1n) is 37.2. The lowest BCUT2D eigenvalue weighted by atomic mass is 10.0. The van der Waals surface area contributed by atoms with Crippen molar-refractivity contribution < 1.29 is 80.2 Å². The number of hydrogen-bond acceptors (Lipinski definition) is 15.